The van der Waals surface area contributed by atoms with E-state index in [1.807, 2.05) is 0 Å². The molecule has 0 aliphatic rings. The first-order valence-electron chi connectivity index (χ1n) is 10.7. The number of halogens is 1. The summed E-state index contributed by atoms with van der Waals surface area (Å²) in [7, 11) is -3.59. The number of amides is 2. The molecule has 0 bridgehead atoms. The number of rotatable bonds is 11. The fraction of sp³-hybridized carbons (Fsp3) is 0.261. The van der Waals surface area contributed by atoms with E-state index < -0.39 is 15.9 Å². The zero-order chi connectivity index (χ0) is 25.4. The van der Waals surface area contributed by atoms with Gasteiger partial charge in [0.1, 0.15) is 5.82 Å². The van der Waals surface area contributed by atoms with Gasteiger partial charge in [-0.3, -0.25) is 14.9 Å². The Morgan fingerprint density at radius 3 is 2.31 bits per heavy atom. The quantitative estimate of drug-likeness (QED) is 0.375. The van der Waals surface area contributed by atoms with Gasteiger partial charge in [-0.1, -0.05) is 13.8 Å². The lowest BCUT2D eigenvalue weighted by molar-refractivity contribution is -0.113. The molecule has 0 atom stereocenters. The number of nitrogens with one attached hydrogen (secondary N) is 2. The number of thioether (sulfide) groups is 1. The zero-order valence-corrected chi connectivity index (χ0v) is 21.6. The molecule has 3 rings (SSSR count). The molecule has 0 aliphatic carbocycles. The van der Waals surface area contributed by atoms with Crippen molar-refractivity contribution in [2.24, 2.45) is 0 Å². The molecule has 186 valence electrons. The normalized spacial score (nSPS) is 11.4. The number of anilines is 2. The third-order valence-corrected chi connectivity index (χ3v) is 8.68. The topological polar surface area (TPSA) is 108 Å². The summed E-state index contributed by atoms with van der Waals surface area (Å²) in [5.41, 5.74) is 1.55. The van der Waals surface area contributed by atoms with Crippen LogP contribution in [0.1, 0.15) is 29.9 Å². The van der Waals surface area contributed by atoms with E-state index in [1.165, 1.54) is 75.9 Å². The molecule has 0 spiro atoms. The third-order valence-electron chi connectivity index (χ3n) is 4.84. The number of carbonyl (C=O) groups is 2. The highest BCUT2D eigenvalue weighted by Crippen LogP contribution is 2.21. The molecule has 2 amide bonds. The smallest absolute Gasteiger partial charge is 0.257 e. The molecule has 35 heavy (non-hydrogen) atoms. The third kappa shape index (κ3) is 7.34. The Hall–Kier alpha value is -2.80. The summed E-state index contributed by atoms with van der Waals surface area (Å²) in [6.45, 7) is 4.27. The van der Waals surface area contributed by atoms with Gasteiger partial charge in [-0.2, -0.15) is 4.31 Å². The molecule has 2 N–H and O–H groups in total. The van der Waals surface area contributed by atoms with E-state index in [1.54, 1.807) is 19.2 Å². The number of hydrogen-bond donors (Lipinski definition) is 2. The molecular formula is C23H25FN4O4S3. The van der Waals surface area contributed by atoms with Crippen LogP contribution in [0.2, 0.25) is 0 Å². The Morgan fingerprint density at radius 1 is 1.03 bits per heavy atom. The van der Waals surface area contributed by atoms with Crippen LogP contribution in [0.5, 0.6) is 0 Å². The summed E-state index contributed by atoms with van der Waals surface area (Å²) in [5, 5.41) is 7.59. The molecule has 0 saturated carbocycles. The van der Waals surface area contributed by atoms with Crippen LogP contribution < -0.4 is 10.6 Å². The van der Waals surface area contributed by atoms with Gasteiger partial charge in [-0.05, 0) is 48.5 Å². The van der Waals surface area contributed by atoms with Gasteiger partial charge in [0.05, 0.1) is 16.3 Å². The minimum absolute atomic E-state index is 0.134. The van der Waals surface area contributed by atoms with E-state index in [0.717, 1.165) is 0 Å². The standard InChI is InChI=1S/C23H25FN4O4S3/c1-3-28(4-2)35(31,32)20-11-5-16(6-12-20)22(30)27-23-26-19(14-34-23)13-33-15-21(29)25-18-9-7-17(24)8-10-18/h5-12,14H,3-4,13,15H2,1-2H3,(H,25,29)(H,26,27,30). The maximum Gasteiger partial charge on any atom is 0.257 e. The highest BCUT2D eigenvalue weighted by Gasteiger charge is 2.21. The van der Waals surface area contributed by atoms with Gasteiger partial charge in [0, 0.05) is 35.5 Å². The summed E-state index contributed by atoms with van der Waals surface area (Å²) in [6, 6.07) is 11.3. The van der Waals surface area contributed by atoms with Gasteiger partial charge >= 0.3 is 0 Å². The van der Waals surface area contributed by atoms with E-state index in [-0.39, 0.29) is 22.4 Å². The molecule has 2 aromatic carbocycles. The van der Waals surface area contributed by atoms with E-state index >= 15 is 0 Å². The lowest BCUT2D eigenvalue weighted by atomic mass is 10.2. The number of aromatic nitrogens is 1. The fourth-order valence-corrected chi connectivity index (χ4v) is 6.05. The van der Waals surface area contributed by atoms with Crippen molar-refractivity contribution < 1.29 is 22.4 Å². The van der Waals surface area contributed by atoms with Gasteiger partial charge in [0.2, 0.25) is 15.9 Å². The second-order valence-electron chi connectivity index (χ2n) is 7.26. The van der Waals surface area contributed by atoms with Crippen LogP contribution in [0.15, 0.2) is 58.8 Å². The van der Waals surface area contributed by atoms with Crippen LogP contribution in [-0.2, 0) is 20.6 Å². The summed E-state index contributed by atoms with van der Waals surface area (Å²) < 4.78 is 39.4. The van der Waals surface area contributed by atoms with Gasteiger partial charge in [0.25, 0.3) is 5.91 Å². The van der Waals surface area contributed by atoms with E-state index in [9.17, 15) is 22.4 Å². The monoisotopic (exact) mass is 536 g/mol. The highest BCUT2D eigenvalue weighted by molar-refractivity contribution is 7.99. The summed E-state index contributed by atoms with van der Waals surface area (Å²) in [4.78, 5) is 29.0. The second kappa shape index (κ2) is 12.2. The van der Waals surface area contributed by atoms with Crippen LogP contribution in [0, 0.1) is 5.82 Å². The Kier molecular flexibility index (Phi) is 9.38. The van der Waals surface area contributed by atoms with Gasteiger partial charge in [-0.15, -0.1) is 23.1 Å². The Bertz CT molecular complexity index is 1260. The summed E-state index contributed by atoms with van der Waals surface area (Å²) in [6.07, 6.45) is 0. The second-order valence-corrected chi connectivity index (χ2v) is 11.0. The number of thiazole rings is 1. The molecule has 8 nitrogen and oxygen atoms in total. The van der Waals surface area contributed by atoms with Crippen molar-refractivity contribution in [2.75, 3.05) is 29.5 Å². The highest BCUT2D eigenvalue weighted by atomic mass is 32.2. The Morgan fingerprint density at radius 2 is 1.69 bits per heavy atom. The molecular weight excluding hydrogens is 511 g/mol. The summed E-state index contributed by atoms with van der Waals surface area (Å²) >= 11 is 2.62. The van der Waals surface area contributed by atoms with Crippen molar-refractivity contribution in [1.29, 1.82) is 0 Å². The van der Waals surface area contributed by atoms with Crippen LogP contribution >= 0.6 is 23.1 Å². The minimum Gasteiger partial charge on any atom is -0.325 e. The van der Waals surface area contributed by atoms with E-state index in [4.69, 9.17) is 0 Å². The molecule has 1 aromatic heterocycles. The van der Waals surface area contributed by atoms with E-state index in [0.29, 0.717) is 40.9 Å². The number of benzene rings is 2. The van der Waals surface area contributed by atoms with Crippen molar-refractivity contribution in [1.82, 2.24) is 9.29 Å². The molecule has 0 radical (unpaired) electrons. The number of nitrogens with zero attached hydrogens (tertiary/aromatic N) is 2. The summed E-state index contributed by atoms with van der Waals surface area (Å²) in [5.74, 6) is -0.314. The van der Waals surface area contributed by atoms with Crippen molar-refractivity contribution in [3.63, 3.8) is 0 Å². The number of carbonyl (C=O) groups excluding carboxylic acids is 2. The van der Waals surface area contributed by atoms with Crippen molar-refractivity contribution >= 4 is 55.8 Å². The number of hydrogen-bond acceptors (Lipinski definition) is 7. The maximum absolute atomic E-state index is 12.9. The minimum atomic E-state index is -3.59. The predicted molar refractivity (Wildman–Crippen MR) is 138 cm³/mol. The number of sulfonamides is 1. The van der Waals surface area contributed by atoms with Crippen LogP contribution in [0.3, 0.4) is 0 Å². The molecule has 1 heterocycles. The first kappa shape index (κ1) is 26.8. The predicted octanol–water partition coefficient (Wildman–Crippen LogP) is 4.44. The first-order valence-corrected chi connectivity index (χ1v) is 14.2. The molecule has 0 aliphatic heterocycles. The lowest BCUT2D eigenvalue weighted by Crippen LogP contribution is -2.30. The van der Waals surface area contributed by atoms with Crippen molar-refractivity contribution in [3.05, 3.63) is 71.0 Å². The molecule has 12 heteroatoms. The van der Waals surface area contributed by atoms with E-state index in [2.05, 4.69) is 15.6 Å². The lowest BCUT2D eigenvalue weighted by Gasteiger charge is -2.18. The maximum atomic E-state index is 12.9. The van der Waals surface area contributed by atoms with Crippen LogP contribution in [0.4, 0.5) is 15.2 Å². The van der Waals surface area contributed by atoms with Gasteiger partial charge in [-0.25, -0.2) is 17.8 Å². The van der Waals surface area contributed by atoms with Crippen molar-refractivity contribution in [2.45, 2.75) is 24.5 Å². The average molecular weight is 537 g/mol. The average Bonchev–Trinajstić information content (AvgIpc) is 3.28. The van der Waals surface area contributed by atoms with Gasteiger partial charge in [0.15, 0.2) is 5.13 Å². The van der Waals surface area contributed by atoms with Gasteiger partial charge < -0.3 is 5.32 Å². The Labute approximate surface area is 212 Å². The molecule has 0 unspecified atom stereocenters. The fourth-order valence-electron chi connectivity index (χ4n) is 3.07. The van der Waals surface area contributed by atoms with Crippen molar-refractivity contribution in [3.8, 4) is 0 Å². The SMILES string of the molecule is CCN(CC)S(=O)(=O)c1ccc(C(=O)Nc2nc(CSCC(=O)Nc3ccc(F)cc3)cs2)cc1. The largest absolute Gasteiger partial charge is 0.325 e. The molecule has 0 saturated heterocycles. The van der Waals surface area contributed by atoms with Crippen LogP contribution in [0.25, 0.3) is 0 Å². The van der Waals surface area contributed by atoms with Crippen LogP contribution in [-0.4, -0.2) is 48.4 Å². The first-order chi connectivity index (χ1) is 16.7. The molecule has 0 fully saturated rings. The zero-order valence-electron chi connectivity index (χ0n) is 19.2. The Balaban J connectivity index is 1.50. The molecule has 3 aromatic rings.